The standard InChI is InChI=1S/C27H30ClN3O5S/c1-19-8-12-23(13-9-19)31(37(34,35)25-14-10-22(28)11-15-25)18-26(32)30(20(2)27(33)29-3)17-21-6-5-7-24(16-21)36-4/h5-16,20H,17-18H2,1-4H3,(H,29,33). The second-order valence-corrected chi connectivity index (χ2v) is 10.8. The molecule has 0 aliphatic carbocycles. The van der Waals surface area contributed by atoms with Gasteiger partial charge in [-0.05, 0) is 67.9 Å². The van der Waals surface area contributed by atoms with Gasteiger partial charge in [-0.3, -0.25) is 13.9 Å². The number of halogens is 1. The number of hydrogen-bond acceptors (Lipinski definition) is 5. The largest absolute Gasteiger partial charge is 0.497 e. The lowest BCUT2D eigenvalue weighted by Crippen LogP contribution is -2.50. The Labute approximate surface area is 222 Å². The van der Waals surface area contributed by atoms with E-state index in [2.05, 4.69) is 5.32 Å². The Morgan fingerprint density at radius 1 is 1.03 bits per heavy atom. The van der Waals surface area contributed by atoms with Crippen molar-refractivity contribution in [2.24, 2.45) is 0 Å². The van der Waals surface area contributed by atoms with E-state index in [4.69, 9.17) is 16.3 Å². The maximum atomic E-state index is 13.7. The Hall–Kier alpha value is -3.56. The molecule has 3 rings (SSSR count). The van der Waals surface area contributed by atoms with Gasteiger partial charge in [-0.15, -0.1) is 0 Å². The van der Waals surface area contributed by atoms with Crippen molar-refractivity contribution in [2.45, 2.75) is 31.3 Å². The number of amides is 2. The van der Waals surface area contributed by atoms with Crippen LogP contribution >= 0.6 is 11.6 Å². The Balaban J connectivity index is 2.02. The van der Waals surface area contributed by atoms with E-state index < -0.39 is 28.5 Å². The van der Waals surface area contributed by atoms with Crippen molar-refractivity contribution >= 4 is 39.1 Å². The minimum atomic E-state index is -4.14. The highest BCUT2D eigenvalue weighted by Gasteiger charge is 2.32. The SMILES string of the molecule is CNC(=O)C(C)N(Cc1cccc(OC)c1)C(=O)CN(c1ccc(C)cc1)S(=O)(=O)c1ccc(Cl)cc1. The summed E-state index contributed by atoms with van der Waals surface area (Å²) >= 11 is 5.96. The van der Waals surface area contributed by atoms with Crippen molar-refractivity contribution in [1.82, 2.24) is 10.2 Å². The minimum Gasteiger partial charge on any atom is -0.497 e. The smallest absolute Gasteiger partial charge is 0.264 e. The van der Waals surface area contributed by atoms with E-state index in [-0.39, 0.29) is 17.3 Å². The number of anilines is 1. The van der Waals surface area contributed by atoms with Crippen LogP contribution in [0, 0.1) is 6.92 Å². The molecule has 0 heterocycles. The number of carbonyl (C=O) groups is 2. The number of nitrogens with one attached hydrogen (secondary N) is 1. The maximum absolute atomic E-state index is 13.7. The lowest BCUT2D eigenvalue weighted by atomic mass is 10.1. The first-order chi connectivity index (χ1) is 17.6. The molecule has 1 atom stereocenters. The number of benzene rings is 3. The van der Waals surface area contributed by atoms with Crippen LogP contribution in [0.4, 0.5) is 5.69 Å². The molecule has 196 valence electrons. The summed E-state index contributed by atoms with van der Waals surface area (Å²) < 4.78 is 33.7. The molecule has 0 saturated heterocycles. The molecule has 0 bridgehead atoms. The highest BCUT2D eigenvalue weighted by Crippen LogP contribution is 2.26. The van der Waals surface area contributed by atoms with Crippen molar-refractivity contribution < 1.29 is 22.7 Å². The number of carbonyl (C=O) groups excluding carboxylic acids is 2. The fourth-order valence-electron chi connectivity index (χ4n) is 3.73. The van der Waals surface area contributed by atoms with E-state index in [1.807, 2.05) is 13.0 Å². The Bertz CT molecular complexity index is 1350. The van der Waals surface area contributed by atoms with Crippen LogP contribution in [-0.4, -0.2) is 51.9 Å². The summed E-state index contributed by atoms with van der Waals surface area (Å²) in [6, 6.07) is 18.8. The van der Waals surface area contributed by atoms with Gasteiger partial charge in [0, 0.05) is 18.6 Å². The van der Waals surface area contributed by atoms with Gasteiger partial charge < -0.3 is 15.0 Å². The van der Waals surface area contributed by atoms with Gasteiger partial charge in [-0.2, -0.15) is 0 Å². The number of sulfonamides is 1. The predicted molar refractivity (Wildman–Crippen MR) is 144 cm³/mol. The zero-order valence-electron chi connectivity index (χ0n) is 21.1. The first kappa shape index (κ1) is 28.0. The number of rotatable bonds is 10. The maximum Gasteiger partial charge on any atom is 0.264 e. The van der Waals surface area contributed by atoms with Crippen LogP contribution < -0.4 is 14.4 Å². The number of ether oxygens (including phenoxy) is 1. The molecule has 0 aliphatic heterocycles. The molecule has 0 fully saturated rings. The van der Waals surface area contributed by atoms with Crippen LogP contribution in [0.15, 0.2) is 77.7 Å². The van der Waals surface area contributed by atoms with Crippen molar-refractivity contribution in [3.8, 4) is 5.75 Å². The van der Waals surface area contributed by atoms with Gasteiger partial charge in [0.05, 0.1) is 17.7 Å². The topological polar surface area (TPSA) is 96.0 Å². The van der Waals surface area contributed by atoms with Crippen molar-refractivity contribution in [1.29, 1.82) is 0 Å². The van der Waals surface area contributed by atoms with E-state index in [0.717, 1.165) is 15.4 Å². The molecule has 37 heavy (non-hydrogen) atoms. The summed E-state index contributed by atoms with van der Waals surface area (Å²) in [4.78, 5) is 27.6. The van der Waals surface area contributed by atoms with Crippen LogP contribution in [0.3, 0.4) is 0 Å². The van der Waals surface area contributed by atoms with E-state index in [0.29, 0.717) is 16.5 Å². The van der Waals surface area contributed by atoms with Gasteiger partial charge in [-0.1, -0.05) is 41.4 Å². The van der Waals surface area contributed by atoms with Gasteiger partial charge in [0.15, 0.2) is 0 Å². The van der Waals surface area contributed by atoms with E-state index in [1.54, 1.807) is 49.4 Å². The predicted octanol–water partition coefficient (Wildman–Crippen LogP) is 4.02. The van der Waals surface area contributed by atoms with Crippen LogP contribution in [0.5, 0.6) is 5.75 Å². The molecule has 10 heteroatoms. The highest BCUT2D eigenvalue weighted by molar-refractivity contribution is 7.92. The molecule has 1 unspecified atom stereocenters. The molecule has 0 radical (unpaired) electrons. The first-order valence-corrected chi connectivity index (χ1v) is 13.4. The van der Waals surface area contributed by atoms with Gasteiger partial charge >= 0.3 is 0 Å². The monoisotopic (exact) mass is 543 g/mol. The average molecular weight is 544 g/mol. The molecule has 0 aromatic heterocycles. The summed E-state index contributed by atoms with van der Waals surface area (Å²) in [7, 11) is -1.12. The fraction of sp³-hybridized carbons (Fsp3) is 0.259. The summed E-state index contributed by atoms with van der Waals surface area (Å²) in [5.74, 6) is -0.320. The second kappa shape index (κ2) is 12.1. The first-order valence-electron chi connectivity index (χ1n) is 11.6. The number of likely N-dealkylation sites (N-methyl/N-ethyl adjacent to an activating group) is 1. The summed E-state index contributed by atoms with van der Waals surface area (Å²) in [6.07, 6.45) is 0. The number of methoxy groups -OCH3 is 1. The number of nitrogens with zero attached hydrogens (tertiary/aromatic N) is 2. The molecule has 0 saturated carbocycles. The minimum absolute atomic E-state index is 0.0102. The normalized spacial score (nSPS) is 11.9. The van der Waals surface area contributed by atoms with Gasteiger partial charge in [0.2, 0.25) is 11.8 Å². The van der Waals surface area contributed by atoms with Crippen LogP contribution in [-0.2, 0) is 26.2 Å². The van der Waals surface area contributed by atoms with Gasteiger partial charge in [0.1, 0.15) is 18.3 Å². The third-order valence-corrected chi connectivity index (χ3v) is 7.94. The second-order valence-electron chi connectivity index (χ2n) is 8.46. The van der Waals surface area contributed by atoms with Crippen LogP contribution in [0.25, 0.3) is 0 Å². The summed E-state index contributed by atoms with van der Waals surface area (Å²) in [6.45, 7) is 3.04. The molecular formula is C27H30ClN3O5S. The van der Waals surface area contributed by atoms with E-state index in [9.17, 15) is 18.0 Å². The van der Waals surface area contributed by atoms with Crippen molar-refractivity contribution in [2.75, 3.05) is 25.0 Å². The lowest BCUT2D eigenvalue weighted by molar-refractivity contribution is -0.139. The Kier molecular flexibility index (Phi) is 9.18. The Morgan fingerprint density at radius 3 is 2.27 bits per heavy atom. The van der Waals surface area contributed by atoms with Crippen LogP contribution in [0.2, 0.25) is 5.02 Å². The highest BCUT2D eigenvalue weighted by atomic mass is 35.5. The third kappa shape index (κ3) is 6.81. The molecular weight excluding hydrogens is 514 g/mol. The zero-order valence-corrected chi connectivity index (χ0v) is 22.7. The molecule has 1 N–H and O–H groups in total. The third-order valence-electron chi connectivity index (χ3n) is 5.90. The summed E-state index contributed by atoms with van der Waals surface area (Å²) in [5.41, 5.74) is 1.99. The van der Waals surface area contributed by atoms with Gasteiger partial charge in [-0.25, -0.2) is 8.42 Å². The van der Waals surface area contributed by atoms with Gasteiger partial charge in [0.25, 0.3) is 10.0 Å². The fourth-order valence-corrected chi connectivity index (χ4v) is 5.27. The van der Waals surface area contributed by atoms with Crippen molar-refractivity contribution in [3.05, 3.63) is 88.9 Å². The molecule has 2 amide bonds. The van der Waals surface area contributed by atoms with E-state index in [1.165, 1.54) is 43.3 Å². The van der Waals surface area contributed by atoms with Crippen molar-refractivity contribution in [3.63, 3.8) is 0 Å². The molecule has 0 aliphatic rings. The zero-order chi connectivity index (χ0) is 27.2. The molecule has 0 spiro atoms. The quantitative estimate of drug-likeness (QED) is 0.417. The molecule has 8 nitrogen and oxygen atoms in total. The van der Waals surface area contributed by atoms with E-state index >= 15 is 0 Å². The lowest BCUT2D eigenvalue weighted by Gasteiger charge is -2.31. The summed E-state index contributed by atoms with van der Waals surface area (Å²) in [5, 5.41) is 2.95. The molecule has 3 aromatic rings. The van der Waals surface area contributed by atoms with Crippen LogP contribution in [0.1, 0.15) is 18.1 Å². The number of hydrogen-bond donors (Lipinski definition) is 1. The number of aryl methyl sites for hydroxylation is 1. The Morgan fingerprint density at radius 2 is 1.68 bits per heavy atom. The average Bonchev–Trinajstić information content (AvgIpc) is 2.90. The molecule has 3 aromatic carbocycles.